The molecule has 0 aliphatic carbocycles. The minimum absolute atomic E-state index is 0.346. The second-order valence-electron chi connectivity index (χ2n) is 5.78. The van der Waals surface area contributed by atoms with Gasteiger partial charge in [-0.1, -0.05) is 62.4 Å². The third-order valence-electron chi connectivity index (χ3n) is 4.16. The Bertz CT molecular complexity index is 606. The van der Waals surface area contributed by atoms with Gasteiger partial charge in [0.05, 0.1) is 6.54 Å². The van der Waals surface area contributed by atoms with Crippen LogP contribution < -0.4 is 11.1 Å². The SMILES string of the molecule is CCN(CC)C(CN=C(N)Nc1ccccc1)Cc1ccccc1. The molecule has 24 heavy (non-hydrogen) atoms. The van der Waals surface area contributed by atoms with Crippen LogP contribution in [0.25, 0.3) is 0 Å². The van der Waals surface area contributed by atoms with Crippen LogP contribution in [0.3, 0.4) is 0 Å². The van der Waals surface area contributed by atoms with Gasteiger partial charge in [-0.05, 0) is 37.2 Å². The van der Waals surface area contributed by atoms with Crippen LogP contribution in [0.2, 0.25) is 0 Å². The van der Waals surface area contributed by atoms with Gasteiger partial charge in [0.25, 0.3) is 0 Å². The van der Waals surface area contributed by atoms with E-state index in [1.54, 1.807) is 0 Å². The number of guanidine groups is 1. The number of para-hydroxylation sites is 1. The zero-order chi connectivity index (χ0) is 17.2. The molecule has 0 bridgehead atoms. The number of likely N-dealkylation sites (N-methyl/N-ethyl adjacent to an activating group) is 1. The standard InChI is InChI=1S/C20H28N4/c1-3-24(4-2)19(15-17-11-7-5-8-12-17)16-22-20(21)23-18-13-9-6-10-14-18/h5-14,19H,3-4,15-16H2,1-2H3,(H3,21,22,23). The molecule has 0 aromatic heterocycles. The summed E-state index contributed by atoms with van der Waals surface area (Å²) in [5.74, 6) is 0.464. The first-order chi connectivity index (χ1) is 11.7. The van der Waals surface area contributed by atoms with E-state index in [-0.39, 0.29) is 0 Å². The lowest BCUT2D eigenvalue weighted by molar-refractivity contribution is 0.220. The largest absolute Gasteiger partial charge is 0.370 e. The van der Waals surface area contributed by atoms with Gasteiger partial charge in [0, 0.05) is 11.7 Å². The second kappa shape index (κ2) is 9.73. The number of hydrogen-bond acceptors (Lipinski definition) is 2. The molecule has 0 heterocycles. The van der Waals surface area contributed by atoms with Crippen molar-refractivity contribution in [2.75, 3.05) is 25.0 Å². The van der Waals surface area contributed by atoms with Crippen molar-refractivity contribution < 1.29 is 0 Å². The lowest BCUT2D eigenvalue weighted by atomic mass is 10.0. The van der Waals surface area contributed by atoms with E-state index in [0.29, 0.717) is 18.5 Å². The maximum Gasteiger partial charge on any atom is 0.193 e. The van der Waals surface area contributed by atoms with E-state index in [2.05, 4.69) is 59.4 Å². The predicted molar refractivity (Wildman–Crippen MR) is 103 cm³/mol. The van der Waals surface area contributed by atoms with Crippen molar-refractivity contribution in [3.8, 4) is 0 Å². The summed E-state index contributed by atoms with van der Waals surface area (Å²) in [6.07, 6.45) is 0.977. The molecule has 0 saturated heterocycles. The fraction of sp³-hybridized carbons (Fsp3) is 0.350. The molecule has 0 amide bonds. The zero-order valence-corrected chi connectivity index (χ0v) is 14.7. The van der Waals surface area contributed by atoms with Crippen molar-refractivity contribution in [1.82, 2.24) is 4.90 Å². The summed E-state index contributed by atoms with van der Waals surface area (Å²) in [4.78, 5) is 7.01. The number of hydrogen-bond donors (Lipinski definition) is 2. The smallest absolute Gasteiger partial charge is 0.193 e. The first-order valence-corrected chi connectivity index (χ1v) is 8.62. The van der Waals surface area contributed by atoms with E-state index in [1.807, 2.05) is 30.3 Å². The van der Waals surface area contributed by atoms with E-state index >= 15 is 0 Å². The van der Waals surface area contributed by atoms with Crippen LogP contribution in [0.5, 0.6) is 0 Å². The Morgan fingerprint density at radius 1 is 1.00 bits per heavy atom. The molecule has 1 atom stereocenters. The number of nitrogens with one attached hydrogen (secondary N) is 1. The second-order valence-corrected chi connectivity index (χ2v) is 5.78. The van der Waals surface area contributed by atoms with Crippen molar-refractivity contribution in [2.24, 2.45) is 10.7 Å². The molecular formula is C20H28N4. The van der Waals surface area contributed by atoms with Crippen LogP contribution in [0.1, 0.15) is 19.4 Å². The fourth-order valence-corrected chi connectivity index (χ4v) is 2.85. The molecular weight excluding hydrogens is 296 g/mol. The van der Waals surface area contributed by atoms with Gasteiger partial charge >= 0.3 is 0 Å². The Hall–Kier alpha value is -2.33. The molecule has 128 valence electrons. The first kappa shape index (κ1) is 18.0. The highest BCUT2D eigenvalue weighted by Gasteiger charge is 2.16. The molecule has 2 aromatic rings. The minimum Gasteiger partial charge on any atom is -0.370 e. The van der Waals surface area contributed by atoms with Gasteiger partial charge in [-0.2, -0.15) is 0 Å². The molecule has 4 nitrogen and oxygen atoms in total. The number of anilines is 1. The molecule has 2 aromatic carbocycles. The van der Waals surface area contributed by atoms with Crippen molar-refractivity contribution in [3.63, 3.8) is 0 Å². The van der Waals surface area contributed by atoms with Gasteiger partial charge in [0.2, 0.25) is 0 Å². The zero-order valence-electron chi connectivity index (χ0n) is 14.7. The van der Waals surface area contributed by atoms with Crippen molar-refractivity contribution in [2.45, 2.75) is 26.3 Å². The molecule has 0 spiro atoms. The van der Waals surface area contributed by atoms with Crippen LogP contribution in [0.4, 0.5) is 5.69 Å². The molecule has 1 unspecified atom stereocenters. The van der Waals surface area contributed by atoms with Gasteiger partial charge in [0.1, 0.15) is 0 Å². The summed E-state index contributed by atoms with van der Waals surface area (Å²) in [5, 5.41) is 3.15. The molecule has 0 fully saturated rings. The Labute approximate surface area is 145 Å². The highest BCUT2D eigenvalue weighted by molar-refractivity contribution is 5.92. The molecule has 0 saturated carbocycles. The summed E-state index contributed by atoms with van der Waals surface area (Å²) in [7, 11) is 0. The van der Waals surface area contributed by atoms with Crippen molar-refractivity contribution in [1.29, 1.82) is 0 Å². The van der Waals surface area contributed by atoms with Crippen LogP contribution in [0, 0.1) is 0 Å². The summed E-state index contributed by atoms with van der Waals surface area (Å²) < 4.78 is 0. The Morgan fingerprint density at radius 3 is 2.17 bits per heavy atom. The van der Waals surface area contributed by atoms with Crippen LogP contribution in [0.15, 0.2) is 65.7 Å². The van der Waals surface area contributed by atoms with E-state index in [0.717, 1.165) is 25.2 Å². The summed E-state index contributed by atoms with van der Waals surface area (Å²) >= 11 is 0. The number of benzene rings is 2. The number of rotatable bonds is 8. The quantitative estimate of drug-likeness (QED) is 0.578. The van der Waals surface area contributed by atoms with Crippen molar-refractivity contribution in [3.05, 3.63) is 66.2 Å². The molecule has 2 rings (SSSR count). The highest BCUT2D eigenvalue weighted by Crippen LogP contribution is 2.10. The van der Waals surface area contributed by atoms with Crippen LogP contribution in [-0.2, 0) is 6.42 Å². The lowest BCUT2D eigenvalue weighted by Gasteiger charge is -2.28. The Kier molecular flexibility index (Phi) is 7.30. The highest BCUT2D eigenvalue weighted by atomic mass is 15.2. The average Bonchev–Trinajstić information content (AvgIpc) is 2.62. The van der Waals surface area contributed by atoms with E-state index in [1.165, 1.54) is 5.56 Å². The molecule has 0 aliphatic rings. The Morgan fingerprint density at radius 2 is 1.58 bits per heavy atom. The van der Waals surface area contributed by atoms with Gasteiger partial charge in [-0.15, -0.1) is 0 Å². The molecule has 4 heteroatoms. The number of nitrogens with zero attached hydrogens (tertiary/aromatic N) is 2. The van der Waals surface area contributed by atoms with Gasteiger partial charge in [-0.25, -0.2) is 0 Å². The monoisotopic (exact) mass is 324 g/mol. The third kappa shape index (κ3) is 5.70. The maximum absolute atomic E-state index is 6.05. The van der Waals surface area contributed by atoms with Gasteiger partial charge in [-0.3, -0.25) is 9.89 Å². The topological polar surface area (TPSA) is 53.6 Å². The third-order valence-corrected chi connectivity index (χ3v) is 4.16. The van der Waals surface area contributed by atoms with Crippen molar-refractivity contribution >= 4 is 11.6 Å². The molecule has 0 radical (unpaired) electrons. The van der Waals surface area contributed by atoms with E-state index in [9.17, 15) is 0 Å². The predicted octanol–water partition coefficient (Wildman–Crippen LogP) is 3.37. The van der Waals surface area contributed by atoms with E-state index < -0.39 is 0 Å². The lowest BCUT2D eigenvalue weighted by Crippen LogP contribution is -2.39. The summed E-state index contributed by atoms with van der Waals surface area (Å²) in [5.41, 5.74) is 8.34. The molecule has 3 N–H and O–H groups in total. The summed E-state index contributed by atoms with van der Waals surface area (Å²) in [6, 6.07) is 20.8. The maximum atomic E-state index is 6.05. The summed E-state index contributed by atoms with van der Waals surface area (Å²) in [6.45, 7) is 7.08. The fourth-order valence-electron chi connectivity index (χ4n) is 2.85. The van der Waals surface area contributed by atoms with Gasteiger partial charge < -0.3 is 11.1 Å². The number of nitrogens with two attached hydrogens (primary N) is 1. The van der Waals surface area contributed by atoms with Crippen LogP contribution >= 0.6 is 0 Å². The Balaban J connectivity index is 2.02. The molecule has 0 aliphatic heterocycles. The minimum atomic E-state index is 0.346. The normalized spacial score (nSPS) is 13.0. The van der Waals surface area contributed by atoms with E-state index in [4.69, 9.17) is 5.73 Å². The number of aliphatic imine (C=N–C) groups is 1. The van der Waals surface area contributed by atoms with Gasteiger partial charge in [0.15, 0.2) is 5.96 Å². The van der Waals surface area contributed by atoms with Crippen LogP contribution in [-0.4, -0.2) is 36.5 Å². The average molecular weight is 324 g/mol. The first-order valence-electron chi connectivity index (χ1n) is 8.62.